The first-order valence-corrected chi connectivity index (χ1v) is 12.1. The molecular formula is C24H34N2O12. The number of ether oxygens (including phenoxy) is 5. The molecule has 1 aromatic rings. The van der Waals surface area contributed by atoms with Crippen molar-refractivity contribution in [1.29, 1.82) is 0 Å². The Balaban J connectivity index is 2.18. The largest absolute Gasteiger partial charge is 0.519 e. The molecule has 2 rings (SSSR count). The summed E-state index contributed by atoms with van der Waals surface area (Å²) < 4.78 is 35.4. The van der Waals surface area contributed by atoms with Gasteiger partial charge in [-0.2, -0.15) is 0 Å². The van der Waals surface area contributed by atoms with Gasteiger partial charge >= 0.3 is 23.9 Å². The molecule has 1 aliphatic rings. The lowest BCUT2D eigenvalue weighted by Crippen LogP contribution is -2.49. The number of carbonyl (C=O) groups excluding carboxylic acids is 4. The highest BCUT2D eigenvalue weighted by atomic mass is 16.6. The molecule has 1 aliphatic heterocycles. The zero-order valence-electron chi connectivity index (χ0n) is 22.0. The Labute approximate surface area is 219 Å². The molecule has 14 heteroatoms. The molecule has 0 spiro atoms. The van der Waals surface area contributed by atoms with Crippen LogP contribution in [0.2, 0.25) is 0 Å². The number of amides is 2. The second-order valence-electron chi connectivity index (χ2n) is 8.03. The van der Waals surface area contributed by atoms with Crippen molar-refractivity contribution in [2.75, 3.05) is 53.2 Å². The van der Waals surface area contributed by atoms with Crippen LogP contribution in [0.1, 0.15) is 31.8 Å². The average molecular weight is 543 g/mol. The standard InChI is InChI=1S/C24H34N2O12/c1-5-33-11-9-25(10-12-34-6-2)22(29)18-13-17(37-21(28)8-7-20(27)32-4)14-26(18)23(30)35-15-19-16(3)36-24(31)38-19/h7-8,17-18H,5-6,9-15H2,1-4H3/b8-7+/t17-,18+/m1/s1. The summed E-state index contributed by atoms with van der Waals surface area (Å²) in [4.78, 5) is 63.9. The molecule has 0 aliphatic carbocycles. The van der Waals surface area contributed by atoms with Crippen molar-refractivity contribution in [2.24, 2.45) is 0 Å². The second-order valence-corrected chi connectivity index (χ2v) is 8.03. The Bertz CT molecular complexity index is 1020. The molecule has 1 fully saturated rings. The molecule has 212 valence electrons. The van der Waals surface area contributed by atoms with Crippen LogP contribution in [0.3, 0.4) is 0 Å². The van der Waals surface area contributed by atoms with Gasteiger partial charge in [-0.15, -0.1) is 0 Å². The van der Waals surface area contributed by atoms with E-state index in [2.05, 4.69) is 4.74 Å². The molecular weight excluding hydrogens is 508 g/mol. The highest BCUT2D eigenvalue weighted by molar-refractivity contribution is 5.92. The van der Waals surface area contributed by atoms with Crippen molar-refractivity contribution in [3.8, 4) is 0 Å². The fourth-order valence-electron chi connectivity index (χ4n) is 3.62. The molecule has 0 unspecified atom stereocenters. The van der Waals surface area contributed by atoms with Crippen LogP contribution in [-0.4, -0.2) is 99.1 Å². The Kier molecular flexibility index (Phi) is 12.5. The first-order valence-electron chi connectivity index (χ1n) is 12.1. The van der Waals surface area contributed by atoms with Crippen LogP contribution in [0.15, 0.2) is 25.8 Å². The molecule has 2 heterocycles. The minimum Gasteiger partial charge on any atom is -0.466 e. The van der Waals surface area contributed by atoms with Gasteiger partial charge in [0.15, 0.2) is 18.1 Å². The van der Waals surface area contributed by atoms with Crippen molar-refractivity contribution in [3.63, 3.8) is 0 Å². The van der Waals surface area contributed by atoms with Gasteiger partial charge in [-0.05, 0) is 20.8 Å². The lowest BCUT2D eigenvalue weighted by atomic mass is 10.1. The van der Waals surface area contributed by atoms with Crippen molar-refractivity contribution in [3.05, 3.63) is 34.3 Å². The highest BCUT2D eigenvalue weighted by Crippen LogP contribution is 2.24. The molecule has 1 aromatic heterocycles. The van der Waals surface area contributed by atoms with E-state index in [1.165, 1.54) is 11.8 Å². The molecule has 0 saturated carbocycles. The summed E-state index contributed by atoms with van der Waals surface area (Å²) in [6, 6.07) is -1.02. The van der Waals surface area contributed by atoms with Crippen molar-refractivity contribution >= 4 is 23.9 Å². The van der Waals surface area contributed by atoms with Crippen LogP contribution in [0.25, 0.3) is 0 Å². The molecule has 14 nitrogen and oxygen atoms in total. The maximum Gasteiger partial charge on any atom is 0.519 e. The van der Waals surface area contributed by atoms with Gasteiger partial charge in [0.2, 0.25) is 5.91 Å². The number of methoxy groups -OCH3 is 1. The topological polar surface area (TPSA) is 164 Å². The molecule has 0 aromatic carbocycles. The van der Waals surface area contributed by atoms with Crippen LogP contribution in [0.5, 0.6) is 0 Å². The van der Waals surface area contributed by atoms with Crippen LogP contribution in [-0.2, 0) is 44.7 Å². The zero-order valence-corrected chi connectivity index (χ0v) is 22.0. The van der Waals surface area contributed by atoms with Gasteiger partial charge in [0.25, 0.3) is 0 Å². The van der Waals surface area contributed by atoms with Crippen LogP contribution in [0, 0.1) is 6.92 Å². The van der Waals surface area contributed by atoms with Crippen molar-refractivity contribution < 1.29 is 51.7 Å². The van der Waals surface area contributed by atoms with E-state index >= 15 is 0 Å². The number of carbonyl (C=O) groups is 4. The van der Waals surface area contributed by atoms with Gasteiger partial charge in [0, 0.05) is 44.9 Å². The molecule has 2 atom stereocenters. The lowest BCUT2D eigenvalue weighted by molar-refractivity contribution is -0.143. The number of hydrogen-bond donors (Lipinski definition) is 0. The van der Waals surface area contributed by atoms with Gasteiger partial charge in [-0.25, -0.2) is 19.2 Å². The van der Waals surface area contributed by atoms with Gasteiger partial charge in [-0.3, -0.25) is 9.69 Å². The first-order chi connectivity index (χ1) is 18.2. The summed E-state index contributed by atoms with van der Waals surface area (Å²) >= 11 is 0. The normalized spacial score (nSPS) is 17.0. The predicted molar refractivity (Wildman–Crippen MR) is 128 cm³/mol. The summed E-state index contributed by atoms with van der Waals surface area (Å²) in [5.41, 5.74) is 0. The Morgan fingerprint density at radius 3 is 2.21 bits per heavy atom. The molecule has 0 radical (unpaired) electrons. The molecule has 1 saturated heterocycles. The number of rotatable bonds is 14. The van der Waals surface area contributed by atoms with Gasteiger partial charge in [0.1, 0.15) is 12.1 Å². The summed E-state index contributed by atoms with van der Waals surface area (Å²) in [6.45, 7) is 6.59. The van der Waals surface area contributed by atoms with E-state index in [0.717, 1.165) is 24.2 Å². The number of nitrogens with zero attached hydrogens (tertiary/aromatic N) is 2. The van der Waals surface area contributed by atoms with Crippen LogP contribution in [0.4, 0.5) is 4.79 Å². The van der Waals surface area contributed by atoms with E-state index in [0.29, 0.717) is 13.2 Å². The zero-order chi connectivity index (χ0) is 28.1. The smallest absolute Gasteiger partial charge is 0.466 e. The quantitative estimate of drug-likeness (QED) is 0.141. The number of esters is 2. The second kappa shape index (κ2) is 15.6. The third-order valence-electron chi connectivity index (χ3n) is 5.52. The van der Waals surface area contributed by atoms with E-state index in [9.17, 15) is 24.0 Å². The van der Waals surface area contributed by atoms with E-state index < -0.39 is 48.5 Å². The summed E-state index contributed by atoms with van der Waals surface area (Å²) in [5, 5.41) is 0. The highest BCUT2D eigenvalue weighted by Gasteiger charge is 2.43. The van der Waals surface area contributed by atoms with Gasteiger partial charge in [-0.1, -0.05) is 0 Å². The minimum atomic E-state index is -1.02. The maximum atomic E-state index is 13.5. The number of aryl methyl sites for hydroxylation is 1. The predicted octanol–water partition coefficient (Wildman–Crippen LogP) is 0.795. The molecule has 38 heavy (non-hydrogen) atoms. The molecule has 0 bridgehead atoms. The van der Waals surface area contributed by atoms with Crippen molar-refractivity contribution in [1.82, 2.24) is 9.80 Å². The summed E-state index contributed by atoms with van der Waals surface area (Å²) in [6.07, 6.45) is 0.0380. The van der Waals surface area contributed by atoms with E-state index in [1.54, 1.807) is 0 Å². The van der Waals surface area contributed by atoms with E-state index in [-0.39, 0.29) is 50.8 Å². The minimum absolute atomic E-state index is 0.00860. The molecule has 0 N–H and O–H groups in total. The average Bonchev–Trinajstić information content (AvgIpc) is 3.46. The summed E-state index contributed by atoms with van der Waals surface area (Å²) in [7, 11) is 1.16. The van der Waals surface area contributed by atoms with Crippen LogP contribution >= 0.6 is 0 Å². The Morgan fingerprint density at radius 2 is 1.66 bits per heavy atom. The Hall–Kier alpha value is -3.65. The SMILES string of the molecule is CCOCCN(CCOCC)C(=O)[C@@H]1C[C@@H](OC(=O)/C=C/C(=O)OC)CN1C(=O)OCc1oc(=O)oc1C. The van der Waals surface area contributed by atoms with E-state index in [1.807, 2.05) is 13.8 Å². The van der Waals surface area contributed by atoms with Crippen LogP contribution < -0.4 is 5.82 Å². The monoisotopic (exact) mass is 542 g/mol. The summed E-state index contributed by atoms with van der Waals surface area (Å²) in [5.74, 6) is -2.75. The van der Waals surface area contributed by atoms with Gasteiger partial charge in [0.05, 0.1) is 26.9 Å². The number of likely N-dealkylation sites (tertiary alicyclic amines) is 1. The van der Waals surface area contributed by atoms with Crippen molar-refractivity contribution in [2.45, 2.75) is 45.9 Å². The Morgan fingerprint density at radius 1 is 1.03 bits per heavy atom. The fourth-order valence-corrected chi connectivity index (χ4v) is 3.62. The first kappa shape index (κ1) is 30.6. The fraction of sp³-hybridized carbons (Fsp3) is 0.625. The third kappa shape index (κ3) is 9.34. The molecule has 2 amide bonds. The third-order valence-corrected chi connectivity index (χ3v) is 5.52. The van der Waals surface area contributed by atoms with Gasteiger partial charge < -0.3 is 37.4 Å². The maximum absolute atomic E-state index is 13.5. The lowest BCUT2D eigenvalue weighted by Gasteiger charge is -2.29. The van der Waals surface area contributed by atoms with E-state index in [4.69, 9.17) is 27.8 Å². The number of hydrogen-bond acceptors (Lipinski definition) is 12.